The summed E-state index contributed by atoms with van der Waals surface area (Å²) in [6.45, 7) is 0. The summed E-state index contributed by atoms with van der Waals surface area (Å²) in [5.41, 5.74) is 12.9. The number of hydrogen-bond acceptors (Lipinski definition) is 10. The molecule has 1 aliphatic carbocycles. The molecule has 0 spiro atoms. The lowest BCUT2D eigenvalue weighted by atomic mass is 9.99. The third-order valence-electron chi connectivity index (χ3n) is 14.2. The fraction of sp³-hybridized carbons (Fsp3) is 0.0141. The van der Waals surface area contributed by atoms with E-state index in [0.29, 0.717) is 51.1 Å². The number of rotatable bonds is 11. The maximum atomic E-state index is 11.7. The molecule has 408 valence electrons. The monoisotopic (exact) mass is 1130 g/mol. The van der Waals surface area contributed by atoms with Crippen LogP contribution in [0.3, 0.4) is 0 Å². The topological polar surface area (TPSA) is 169 Å². The number of allylic oxidation sites excluding steroid dienone is 1. The Bertz CT molecular complexity index is 4490. The fourth-order valence-electron chi connectivity index (χ4n) is 10.00. The van der Waals surface area contributed by atoms with Crippen molar-refractivity contribution >= 4 is 40.0 Å². The molecular formula is C71H48ClN9O4. The van der Waals surface area contributed by atoms with E-state index in [2.05, 4.69) is 37.7 Å². The van der Waals surface area contributed by atoms with Gasteiger partial charge in [0, 0.05) is 62.4 Å². The van der Waals surface area contributed by atoms with Crippen molar-refractivity contribution < 1.29 is 9.85 Å². The van der Waals surface area contributed by atoms with Gasteiger partial charge in [-0.1, -0.05) is 218 Å². The van der Waals surface area contributed by atoms with Gasteiger partial charge >= 0.3 is 0 Å². The minimum absolute atomic E-state index is 0.0789. The molecule has 0 aliphatic heterocycles. The van der Waals surface area contributed by atoms with Gasteiger partial charge in [0.2, 0.25) is 0 Å². The summed E-state index contributed by atoms with van der Waals surface area (Å²) in [4.78, 5) is 50.5. The minimum Gasteiger partial charge on any atom is -0.317 e. The standard InChI is InChI=1S/C35H23N5O2.C21H14ClN3.C15H11NO2/c41-40(42)31-17-8-7-16-30(31)27-19-18-24-20-21-39(32(24)23-27)29-15-9-14-28(22-29)35-37-33(25-10-3-1-4-11-25)36-34(38-35)26-12-5-2-6-13-26;22-18-13-7-12-17(14-18)21-24-19(15-8-3-1-4-9-15)23-20(25-21)16-10-5-2-6-11-16;17-16(18)15-7-2-1-6-14(15)13-9-8-11-4-3-5-12(11)10-13/h1-23H;1-14H;1-4,6-10H,5H2. The first kappa shape index (κ1) is 54.2. The predicted octanol–water partition coefficient (Wildman–Crippen LogP) is 17.7. The third-order valence-corrected chi connectivity index (χ3v) is 14.4. The first-order chi connectivity index (χ1) is 41.7. The van der Waals surface area contributed by atoms with Crippen LogP contribution in [0.2, 0.25) is 5.02 Å². The summed E-state index contributed by atoms with van der Waals surface area (Å²) in [7, 11) is 0. The molecular weight excluding hydrogens is 1080 g/mol. The number of fused-ring (bicyclic) bond motifs is 2. The van der Waals surface area contributed by atoms with E-state index >= 15 is 0 Å². The van der Waals surface area contributed by atoms with E-state index < -0.39 is 0 Å². The number of nitro benzene ring substituents is 2. The van der Waals surface area contributed by atoms with Crippen molar-refractivity contribution in [1.82, 2.24) is 34.5 Å². The molecule has 1 aliphatic rings. The molecule has 0 fully saturated rings. The summed E-state index contributed by atoms with van der Waals surface area (Å²) in [6, 6.07) is 82.8. The van der Waals surface area contributed by atoms with Gasteiger partial charge in [0.15, 0.2) is 34.9 Å². The molecule has 0 radical (unpaired) electrons. The Hall–Kier alpha value is -11.4. The molecule has 0 bridgehead atoms. The summed E-state index contributed by atoms with van der Waals surface area (Å²) in [5, 5.41) is 24.4. The molecule has 0 N–H and O–H groups in total. The van der Waals surface area contributed by atoms with Crippen LogP contribution in [-0.4, -0.2) is 44.3 Å². The number of nitrogens with zero attached hydrogens (tertiary/aromatic N) is 9. The number of nitro groups is 2. The van der Waals surface area contributed by atoms with E-state index in [1.54, 1.807) is 30.3 Å². The molecule has 0 unspecified atom stereocenters. The fourth-order valence-corrected chi connectivity index (χ4v) is 10.2. The molecule has 14 heteroatoms. The van der Waals surface area contributed by atoms with Crippen LogP contribution in [0.15, 0.2) is 273 Å². The molecule has 0 saturated heterocycles. The lowest BCUT2D eigenvalue weighted by Gasteiger charge is -2.11. The molecule has 10 aromatic carbocycles. The van der Waals surface area contributed by atoms with E-state index in [0.717, 1.165) is 67.5 Å². The Kier molecular flexibility index (Phi) is 15.8. The largest absolute Gasteiger partial charge is 0.317 e. The van der Waals surface area contributed by atoms with Gasteiger partial charge in [0.1, 0.15) is 0 Å². The zero-order chi connectivity index (χ0) is 58.1. The molecule has 13 nitrogen and oxygen atoms in total. The van der Waals surface area contributed by atoms with Crippen molar-refractivity contribution in [2.75, 3.05) is 0 Å². The van der Waals surface area contributed by atoms with Gasteiger partial charge in [-0.3, -0.25) is 20.2 Å². The van der Waals surface area contributed by atoms with E-state index in [-0.39, 0.29) is 21.2 Å². The lowest BCUT2D eigenvalue weighted by molar-refractivity contribution is -0.384. The summed E-state index contributed by atoms with van der Waals surface area (Å²) in [5.74, 6) is 3.67. The van der Waals surface area contributed by atoms with Crippen molar-refractivity contribution in [3.8, 4) is 96.3 Å². The van der Waals surface area contributed by atoms with Gasteiger partial charge in [-0.05, 0) is 88.7 Å². The smallest absolute Gasteiger partial charge is 0.277 e. The Labute approximate surface area is 493 Å². The summed E-state index contributed by atoms with van der Waals surface area (Å²) in [6.07, 6.45) is 7.10. The van der Waals surface area contributed by atoms with Crippen LogP contribution in [0.1, 0.15) is 11.1 Å². The summed E-state index contributed by atoms with van der Waals surface area (Å²) < 4.78 is 2.08. The van der Waals surface area contributed by atoms with Gasteiger partial charge < -0.3 is 4.57 Å². The van der Waals surface area contributed by atoms with E-state index in [1.165, 1.54) is 17.2 Å². The molecule has 13 aromatic rings. The zero-order valence-electron chi connectivity index (χ0n) is 45.3. The number of aromatic nitrogens is 7. The Morgan fingerprint density at radius 1 is 0.376 bits per heavy atom. The number of benzene rings is 10. The first-order valence-corrected chi connectivity index (χ1v) is 27.6. The van der Waals surface area contributed by atoms with Crippen LogP contribution in [0, 0.1) is 20.2 Å². The highest BCUT2D eigenvalue weighted by Crippen LogP contribution is 2.36. The second-order valence-corrected chi connectivity index (χ2v) is 20.1. The van der Waals surface area contributed by atoms with Crippen LogP contribution in [0.4, 0.5) is 11.4 Å². The van der Waals surface area contributed by atoms with Crippen molar-refractivity contribution in [2.45, 2.75) is 6.42 Å². The van der Waals surface area contributed by atoms with Crippen molar-refractivity contribution in [3.63, 3.8) is 0 Å². The van der Waals surface area contributed by atoms with Crippen molar-refractivity contribution in [3.05, 3.63) is 310 Å². The summed E-state index contributed by atoms with van der Waals surface area (Å²) >= 11 is 6.14. The maximum Gasteiger partial charge on any atom is 0.277 e. The normalized spacial score (nSPS) is 11.2. The van der Waals surface area contributed by atoms with Crippen LogP contribution < -0.4 is 0 Å². The van der Waals surface area contributed by atoms with E-state index in [1.807, 2.05) is 225 Å². The van der Waals surface area contributed by atoms with Gasteiger partial charge in [0.25, 0.3) is 11.4 Å². The second kappa shape index (κ2) is 24.8. The highest BCUT2D eigenvalue weighted by Gasteiger charge is 2.19. The minimum atomic E-state index is -0.343. The van der Waals surface area contributed by atoms with Gasteiger partial charge in [-0.15, -0.1) is 0 Å². The number of hydrogen-bond donors (Lipinski definition) is 0. The molecule has 0 saturated carbocycles. The molecule has 0 atom stereocenters. The predicted molar refractivity (Wildman–Crippen MR) is 337 cm³/mol. The molecule has 14 rings (SSSR count). The molecule has 3 heterocycles. The average molecular weight is 1130 g/mol. The van der Waals surface area contributed by atoms with E-state index in [4.69, 9.17) is 26.6 Å². The van der Waals surface area contributed by atoms with Crippen molar-refractivity contribution in [1.29, 1.82) is 0 Å². The van der Waals surface area contributed by atoms with Gasteiger partial charge in [-0.25, -0.2) is 29.9 Å². The highest BCUT2D eigenvalue weighted by molar-refractivity contribution is 6.30. The Balaban J connectivity index is 0.000000139. The van der Waals surface area contributed by atoms with Crippen molar-refractivity contribution in [2.24, 2.45) is 0 Å². The quantitative estimate of drug-likeness (QED) is 0.0897. The average Bonchev–Trinajstić information content (AvgIpc) is 4.38. The van der Waals surface area contributed by atoms with Gasteiger partial charge in [-0.2, -0.15) is 0 Å². The van der Waals surface area contributed by atoms with Crippen LogP contribution in [0.5, 0.6) is 0 Å². The zero-order valence-corrected chi connectivity index (χ0v) is 46.1. The third kappa shape index (κ3) is 12.3. The first-order valence-electron chi connectivity index (χ1n) is 27.2. The van der Waals surface area contributed by atoms with E-state index in [9.17, 15) is 20.2 Å². The Morgan fingerprint density at radius 3 is 1.27 bits per heavy atom. The lowest BCUT2D eigenvalue weighted by Crippen LogP contribution is -2.01. The molecule has 0 amide bonds. The SMILES string of the molecule is Clc1cccc(-c2nc(-c3ccccc3)nc(-c3ccccc3)n2)c1.O=[N+]([O-])c1ccccc1-c1ccc2c(c1)CC=C2.O=[N+]([O-])c1ccccc1-c1ccc2ccn(-c3cccc(-c4nc(-c5ccccc5)nc(-c5ccccc5)n4)c3)c2c1. The second-order valence-electron chi connectivity index (χ2n) is 19.7. The van der Waals surface area contributed by atoms with Gasteiger partial charge in [0.05, 0.1) is 26.5 Å². The molecule has 85 heavy (non-hydrogen) atoms. The van der Waals surface area contributed by atoms with Crippen LogP contribution >= 0.6 is 11.6 Å². The maximum absolute atomic E-state index is 11.7. The Morgan fingerprint density at radius 2 is 0.788 bits per heavy atom. The van der Waals surface area contributed by atoms with Crippen LogP contribution in [0.25, 0.3) is 113 Å². The number of halogens is 1. The molecule has 3 aromatic heterocycles. The van der Waals surface area contributed by atoms with Crippen LogP contribution in [-0.2, 0) is 6.42 Å². The highest BCUT2D eigenvalue weighted by atomic mass is 35.5. The number of para-hydroxylation sites is 2.